The van der Waals surface area contributed by atoms with Gasteiger partial charge in [-0.1, -0.05) is 43.5 Å². The average Bonchev–Trinajstić information content (AvgIpc) is 2.70. The summed E-state index contributed by atoms with van der Waals surface area (Å²) in [5, 5.41) is 0. The molecule has 6 heteroatoms. The van der Waals surface area contributed by atoms with E-state index in [-0.39, 0.29) is 40.2 Å². The van der Waals surface area contributed by atoms with Crippen LogP contribution in [-0.4, -0.2) is 25.7 Å². The highest BCUT2D eigenvalue weighted by Gasteiger charge is 2.27. The molecule has 1 fully saturated rings. The van der Waals surface area contributed by atoms with E-state index >= 15 is 0 Å². The molecule has 0 unspecified atom stereocenters. The summed E-state index contributed by atoms with van der Waals surface area (Å²) in [7, 11) is -3.79. The minimum absolute atomic E-state index is 0.0124. The van der Waals surface area contributed by atoms with Crippen LogP contribution in [0.25, 0.3) is 0 Å². The molecule has 1 saturated carbocycles. The van der Waals surface area contributed by atoms with Crippen molar-refractivity contribution < 1.29 is 22.4 Å². The van der Waals surface area contributed by atoms with Crippen LogP contribution in [0, 0.1) is 11.7 Å². The van der Waals surface area contributed by atoms with Crippen LogP contribution in [0.2, 0.25) is 0 Å². The summed E-state index contributed by atoms with van der Waals surface area (Å²) < 4.78 is 38.4. The normalized spacial score (nSPS) is 15.3. The summed E-state index contributed by atoms with van der Waals surface area (Å²) in [5.74, 6) is -1.57. The predicted octanol–water partition coefficient (Wildman–Crippen LogP) is 4.17. The van der Waals surface area contributed by atoms with E-state index in [2.05, 4.69) is 0 Å². The predicted molar refractivity (Wildman–Crippen MR) is 105 cm³/mol. The van der Waals surface area contributed by atoms with Gasteiger partial charge in [0.2, 0.25) is 0 Å². The third-order valence-corrected chi connectivity index (χ3v) is 6.82. The van der Waals surface area contributed by atoms with E-state index in [0.717, 1.165) is 32.1 Å². The van der Waals surface area contributed by atoms with E-state index in [4.69, 9.17) is 0 Å². The summed E-state index contributed by atoms with van der Waals surface area (Å²) in [4.78, 5) is 24.9. The van der Waals surface area contributed by atoms with Gasteiger partial charge in [0.25, 0.3) is 0 Å². The summed E-state index contributed by atoms with van der Waals surface area (Å²) in [6.45, 7) is 0. The van der Waals surface area contributed by atoms with Crippen molar-refractivity contribution in [3.8, 4) is 0 Å². The van der Waals surface area contributed by atoms with Crippen molar-refractivity contribution in [3.05, 3.63) is 65.5 Å². The van der Waals surface area contributed by atoms with Gasteiger partial charge in [-0.3, -0.25) is 9.59 Å². The number of Topliss-reactive ketones (excluding diaryl/α,β-unsaturated/α-hetero) is 2. The molecule has 3 rings (SSSR count). The van der Waals surface area contributed by atoms with E-state index in [1.165, 1.54) is 42.5 Å². The molecule has 0 atom stereocenters. The second kappa shape index (κ2) is 8.78. The zero-order chi connectivity index (χ0) is 20.1. The third-order valence-electron chi connectivity index (χ3n) is 5.19. The quantitative estimate of drug-likeness (QED) is 0.652. The second-order valence-corrected chi connectivity index (χ2v) is 9.30. The zero-order valence-electron chi connectivity index (χ0n) is 15.6. The van der Waals surface area contributed by atoms with E-state index in [0.29, 0.717) is 5.56 Å². The molecule has 0 radical (unpaired) electrons. The fraction of sp³-hybridized carbons (Fsp3) is 0.364. The Morgan fingerprint density at radius 2 is 1.64 bits per heavy atom. The molecule has 148 valence electrons. The van der Waals surface area contributed by atoms with Crippen molar-refractivity contribution in [2.45, 2.75) is 43.4 Å². The van der Waals surface area contributed by atoms with Gasteiger partial charge < -0.3 is 0 Å². The van der Waals surface area contributed by atoms with Crippen molar-refractivity contribution in [2.75, 3.05) is 5.75 Å². The Morgan fingerprint density at radius 3 is 2.32 bits per heavy atom. The van der Waals surface area contributed by atoms with Gasteiger partial charge in [0.1, 0.15) is 11.6 Å². The van der Waals surface area contributed by atoms with Crippen LogP contribution in [0.5, 0.6) is 0 Å². The van der Waals surface area contributed by atoms with Crippen molar-refractivity contribution in [1.82, 2.24) is 0 Å². The van der Waals surface area contributed by atoms with Crippen molar-refractivity contribution in [3.63, 3.8) is 0 Å². The third kappa shape index (κ3) is 5.13. The Balaban J connectivity index is 1.72. The molecule has 1 aliphatic rings. The highest BCUT2D eigenvalue weighted by atomic mass is 32.2. The maximum atomic E-state index is 13.0. The topological polar surface area (TPSA) is 68.3 Å². The standard InChI is InChI=1S/C22H23FO4S/c23-19-11-9-16(10-12-19)13-21(24)18-7-4-8-20(14-18)28(26,27)15-22(25)17-5-2-1-3-6-17/h4,7-12,14,17H,1-3,5-6,13,15H2. The molecule has 2 aromatic rings. The van der Waals surface area contributed by atoms with E-state index in [1.807, 2.05) is 0 Å². The summed E-state index contributed by atoms with van der Waals surface area (Å²) >= 11 is 0. The molecule has 0 N–H and O–H groups in total. The molecule has 0 saturated heterocycles. The van der Waals surface area contributed by atoms with E-state index in [9.17, 15) is 22.4 Å². The van der Waals surface area contributed by atoms with Gasteiger partial charge in [-0.25, -0.2) is 12.8 Å². The van der Waals surface area contributed by atoms with Gasteiger partial charge in [-0.05, 0) is 42.7 Å². The fourth-order valence-corrected chi connectivity index (χ4v) is 4.94. The molecule has 4 nitrogen and oxygen atoms in total. The SMILES string of the molecule is O=C(Cc1ccc(F)cc1)c1cccc(S(=O)(=O)CC(=O)C2CCCCC2)c1. The number of rotatable bonds is 7. The van der Waals surface area contributed by atoms with E-state index < -0.39 is 15.6 Å². The monoisotopic (exact) mass is 402 g/mol. The molecule has 1 aliphatic carbocycles. The maximum absolute atomic E-state index is 13.0. The second-order valence-electron chi connectivity index (χ2n) is 7.31. The Morgan fingerprint density at radius 1 is 0.964 bits per heavy atom. The minimum Gasteiger partial charge on any atom is -0.298 e. The lowest BCUT2D eigenvalue weighted by Gasteiger charge is -2.20. The smallest absolute Gasteiger partial charge is 0.185 e. The highest BCUT2D eigenvalue weighted by Crippen LogP contribution is 2.26. The fourth-order valence-electron chi connectivity index (χ4n) is 3.57. The molecule has 28 heavy (non-hydrogen) atoms. The number of hydrogen-bond donors (Lipinski definition) is 0. The number of hydrogen-bond acceptors (Lipinski definition) is 4. The molecular formula is C22H23FO4S. The number of carbonyl (C=O) groups is 2. The molecule has 0 aliphatic heterocycles. The Hall–Kier alpha value is -2.34. The maximum Gasteiger partial charge on any atom is 0.185 e. The van der Waals surface area contributed by atoms with Gasteiger partial charge in [-0.15, -0.1) is 0 Å². The lowest BCUT2D eigenvalue weighted by Crippen LogP contribution is -2.25. The summed E-state index contributed by atoms with van der Waals surface area (Å²) in [6, 6.07) is 11.4. The number of ketones is 2. The molecule has 0 bridgehead atoms. The van der Waals surface area contributed by atoms with Crippen molar-refractivity contribution in [1.29, 1.82) is 0 Å². The molecule has 2 aromatic carbocycles. The van der Waals surface area contributed by atoms with Crippen LogP contribution >= 0.6 is 0 Å². The van der Waals surface area contributed by atoms with Crippen LogP contribution in [0.1, 0.15) is 48.0 Å². The average molecular weight is 402 g/mol. The lowest BCUT2D eigenvalue weighted by molar-refractivity contribution is -0.121. The lowest BCUT2D eigenvalue weighted by atomic mass is 9.87. The first kappa shape index (κ1) is 20.4. The first-order chi connectivity index (χ1) is 13.3. The van der Waals surface area contributed by atoms with Gasteiger partial charge in [0, 0.05) is 17.9 Å². The van der Waals surface area contributed by atoms with E-state index in [1.54, 1.807) is 6.07 Å². The van der Waals surface area contributed by atoms with Crippen LogP contribution in [0.3, 0.4) is 0 Å². The molecule has 0 spiro atoms. The molecular weight excluding hydrogens is 379 g/mol. The Labute approximate surface area is 164 Å². The largest absolute Gasteiger partial charge is 0.298 e. The van der Waals surface area contributed by atoms with Gasteiger partial charge >= 0.3 is 0 Å². The number of sulfone groups is 1. The van der Waals surface area contributed by atoms with Gasteiger partial charge in [-0.2, -0.15) is 0 Å². The first-order valence-corrected chi connectivity index (χ1v) is 11.1. The van der Waals surface area contributed by atoms with Crippen LogP contribution in [0.4, 0.5) is 4.39 Å². The Bertz CT molecular complexity index is 958. The Kier molecular flexibility index (Phi) is 6.39. The van der Waals surface area contributed by atoms with Gasteiger partial charge in [0.15, 0.2) is 21.4 Å². The number of halogens is 1. The first-order valence-electron chi connectivity index (χ1n) is 9.48. The zero-order valence-corrected chi connectivity index (χ0v) is 16.4. The summed E-state index contributed by atoms with van der Waals surface area (Å²) in [6.07, 6.45) is 4.57. The highest BCUT2D eigenvalue weighted by molar-refractivity contribution is 7.92. The molecule has 0 aromatic heterocycles. The van der Waals surface area contributed by atoms with Crippen LogP contribution in [0.15, 0.2) is 53.4 Å². The van der Waals surface area contributed by atoms with Crippen molar-refractivity contribution in [2.24, 2.45) is 5.92 Å². The minimum atomic E-state index is -3.79. The summed E-state index contributed by atoms with van der Waals surface area (Å²) in [5.41, 5.74) is 0.905. The molecule has 0 heterocycles. The van der Waals surface area contributed by atoms with Crippen molar-refractivity contribution >= 4 is 21.4 Å². The van der Waals surface area contributed by atoms with Crippen LogP contribution < -0.4 is 0 Å². The molecule has 0 amide bonds. The van der Waals surface area contributed by atoms with Crippen LogP contribution in [-0.2, 0) is 21.1 Å². The number of benzene rings is 2. The number of carbonyl (C=O) groups excluding carboxylic acids is 2. The van der Waals surface area contributed by atoms with Gasteiger partial charge in [0.05, 0.1) is 4.90 Å².